The maximum Gasteiger partial charge on any atom is 0.328 e. The Balaban J connectivity index is 3.81. The van der Waals surface area contributed by atoms with Gasteiger partial charge in [-0.2, -0.15) is 0 Å². The lowest BCUT2D eigenvalue weighted by atomic mass is 9.75. The number of hydrogen-bond acceptors (Lipinski definition) is 2. The van der Waals surface area contributed by atoms with Gasteiger partial charge in [-0.25, -0.2) is 4.79 Å². The number of carboxylic acid groups (broad SMARTS) is 1. The lowest BCUT2D eigenvalue weighted by Gasteiger charge is -2.30. The number of benzene rings is 1. The average Bonchev–Trinajstić information content (AvgIpc) is 2.33. The van der Waals surface area contributed by atoms with Crippen LogP contribution in [0.25, 0.3) is 6.08 Å². The molecule has 0 fully saturated rings. The van der Waals surface area contributed by atoms with Crippen LogP contribution in [0, 0.1) is 0 Å². The average molecular weight is 304 g/mol. The molecule has 1 aromatic rings. The van der Waals surface area contributed by atoms with E-state index >= 15 is 0 Å². The first-order chi connectivity index (χ1) is 9.89. The molecule has 0 aliphatic heterocycles. The summed E-state index contributed by atoms with van der Waals surface area (Å²) in [6, 6.07) is 1.92. The summed E-state index contributed by atoms with van der Waals surface area (Å²) < 4.78 is 0. The summed E-state index contributed by atoms with van der Waals surface area (Å²) in [5, 5.41) is 19.7. The standard InChI is InChI=1S/C19H28O3/c1-8-13-12(9-10-15(20)21)11-14(18(2,3)4)17(22)16(13)19(5,6)7/h9-11,22H,8H2,1-7H3,(H,20,21). The number of aliphatic carboxylic acids is 1. The second-order valence-electron chi connectivity index (χ2n) is 7.74. The van der Waals surface area contributed by atoms with Crippen LogP contribution in [-0.2, 0) is 22.0 Å². The van der Waals surface area contributed by atoms with Crippen LogP contribution in [0.15, 0.2) is 12.1 Å². The summed E-state index contributed by atoms with van der Waals surface area (Å²) in [7, 11) is 0. The fraction of sp³-hybridized carbons (Fsp3) is 0.526. The van der Waals surface area contributed by atoms with Gasteiger partial charge in [-0.1, -0.05) is 48.5 Å². The van der Waals surface area contributed by atoms with Gasteiger partial charge in [0.1, 0.15) is 5.75 Å². The Kier molecular flexibility index (Phi) is 5.11. The zero-order valence-corrected chi connectivity index (χ0v) is 14.7. The van der Waals surface area contributed by atoms with Crippen molar-refractivity contribution in [2.45, 2.75) is 65.7 Å². The normalized spacial score (nSPS) is 12.9. The van der Waals surface area contributed by atoms with E-state index in [2.05, 4.69) is 20.8 Å². The summed E-state index contributed by atoms with van der Waals surface area (Å²) in [5.74, 6) is -0.630. The molecule has 0 aliphatic carbocycles. The van der Waals surface area contributed by atoms with Crippen molar-refractivity contribution in [3.8, 4) is 5.75 Å². The first kappa shape index (κ1) is 18.3. The summed E-state index contributed by atoms with van der Waals surface area (Å²) in [6.07, 6.45) is 3.53. The van der Waals surface area contributed by atoms with Crippen LogP contribution in [0.2, 0.25) is 0 Å². The third kappa shape index (κ3) is 3.90. The Morgan fingerprint density at radius 1 is 1.14 bits per heavy atom. The van der Waals surface area contributed by atoms with E-state index in [9.17, 15) is 9.90 Å². The lowest BCUT2D eigenvalue weighted by molar-refractivity contribution is -0.131. The second-order valence-corrected chi connectivity index (χ2v) is 7.74. The van der Waals surface area contributed by atoms with E-state index in [1.54, 1.807) is 6.08 Å². The molecule has 0 unspecified atom stereocenters. The van der Waals surface area contributed by atoms with Crippen LogP contribution < -0.4 is 0 Å². The molecule has 0 saturated heterocycles. The Morgan fingerprint density at radius 2 is 1.68 bits per heavy atom. The minimum atomic E-state index is -0.968. The van der Waals surface area contributed by atoms with E-state index in [4.69, 9.17) is 5.11 Å². The van der Waals surface area contributed by atoms with Crippen LogP contribution in [-0.4, -0.2) is 16.2 Å². The van der Waals surface area contributed by atoms with E-state index in [1.165, 1.54) is 0 Å². The number of phenols is 1. The first-order valence-electron chi connectivity index (χ1n) is 7.70. The maximum absolute atomic E-state index is 10.9. The molecule has 0 atom stereocenters. The molecular weight excluding hydrogens is 276 g/mol. The van der Waals surface area contributed by atoms with Crippen molar-refractivity contribution < 1.29 is 15.0 Å². The molecule has 1 aromatic carbocycles. The molecule has 22 heavy (non-hydrogen) atoms. The number of phenolic OH excluding ortho intramolecular Hbond substituents is 1. The fourth-order valence-corrected chi connectivity index (χ4v) is 2.80. The van der Waals surface area contributed by atoms with Crippen molar-refractivity contribution in [2.75, 3.05) is 0 Å². The summed E-state index contributed by atoms with van der Waals surface area (Å²) in [6.45, 7) is 14.4. The molecule has 0 saturated carbocycles. The molecule has 1 rings (SSSR count). The summed E-state index contributed by atoms with van der Waals surface area (Å²) in [5.41, 5.74) is 3.20. The van der Waals surface area contributed by atoms with Gasteiger partial charge in [-0.15, -0.1) is 0 Å². The quantitative estimate of drug-likeness (QED) is 0.799. The molecule has 2 N–H and O–H groups in total. The molecule has 3 nitrogen and oxygen atoms in total. The van der Waals surface area contributed by atoms with Gasteiger partial charge in [-0.05, 0) is 40.5 Å². The van der Waals surface area contributed by atoms with Gasteiger partial charge >= 0.3 is 5.97 Å². The molecule has 3 heteroatoms. The van der Waals surface area contributed by atoms with Gasteiger partial charge in [-0.3, -0.25) is 0 Å². The number of rotatable bonds is 3. The number of aromatic hydroxyl groups is 1. The maximum atomic E-state index is 10.9. The van der Waals surface area contributed by atoms with Crippen LogP contribution >= 0.6 is 0 Å². The van der Waals surface area contributed by atoms with Gasteiger partial charge in [0.25, 0.3) is 0 Å². The minimum Gasteiger partial charge on any atom is -0.507 e. The SMILES string of the molecule is CCc1c(C=CC(=O)O)cc(C(C)(C)C)c(O)c1C(C)(C)C. The fourth-order valence-electron chi connectivity index (χ4n) is 2.80. The Hall–Kier alpha value is -1.77. The van der Waals surface area contributed by atoms with Crippen molar-refractivity contribution in [1.82, 2.24) is 0 Å². The molecule has 122 valence electrons. The highest BCUT2D eigenvalue weighted by Crippen LogP contribution is 2.43. The highest BCUT2D eigenvalue weighted by atomic mass is 16.4. The molecule has 0 aliphatic rings. The highest BCUT2D eigenvalue weighted by molar-refractivity contribution is 5.86. The molecule has 0 spiro atoms. The number of carboxylic acids is 1. The van der Waals surface area contributed by atoms with Crippen molar-refractivity contribution in [1.29, 1.82) is 0 Å². The third-order valence-corrected chi connectivity index (χ3v) is 3.76. The molecular formula is C19H28O3. The van der Waals surface area contributed by atoms with Gasteiger partial charge in [0.2, 0.25) is 0 Å². The monoisotopic (exact) mass is 304 g/mol. The van der Waals surface area contributed by atoms with E-state index in [1.807, 2.05) is 33.8 Å². The zero-order valence-electron chi connectivity index (χ0n) is 14.7. The highest BCUT2D eigenvalue weighted by Gasteiger charge is 2.29. The van der Waals surface area contributed by atoms with E-state index in [-0.39, 0.29) is 10.8 Å². The van der Waals surface area contributed by atoms with Crippen LogP contribution in [0.1, 0.15) is 70.7 Å². The van der Waals surface area contributed by atoms with Crippen molar-refractivity contribution in [2.24, 2.45) is 0 Å². The van der Waals surface area contributed by atoms with Crippen molar-refractivity contribution in [3.05, 3.63) is 34.4 Å². The molecule has 0 amide bonds. The second kappa shape index (κ2) is 6.15. The van der Waals surface area contributed by atoms with Gasteiger partial charge in [0.05, 0.1) is 0 Å². The first-order valence-corrected chi connectivity index (χ1v) is 7.70. The Morgan fingerprint density at radius 3 is 2.05 bits per heavy atom. The van der Waals surface area contributed by atoms with E-state index in [0.717, 1.165) is 34.8 Å². The van der Waals surface area contributed by atoms with Crippen molar-refractivity contribution >= 4 is 12.0 Å². The van der Waals surface area contributed by atoms with Gasteiger partial charge in [0, 0.05) is 17.2 Å². The van der Waals surface area contributed by atoms with Crippen LogP contribution in [0.5, 0.6) is 5.75 Å². The topological polar surface area (TPSA) is 57.5 Å². The Labute approximate surface area is 133 Å². The smallest absolute Gasteiger partial charge is 0.328 e. The predicted octanol–water partition coefficient (Wildman–Crippen LogP) is 4.65. The predicted molar refractivity (Wildman–Crippen MR) is 91.6 cm³/mol. The minimum absolute atomic E-state index is 0.220. The molecule has 0 aromatic heterocycles. The van der Waals surface area contributed by atoms with Crippen molar-refractivity contribution in [3.63, 3.8) is 0 Å². The summed E-state index contributed by atoms with van der Waals surface area (Å²) >= 11 is 0. The number of hydrogen-bond donors (Lipinski definition) is 2. The molecule has 0 bridgehead atoms. The molecule has 0 radical (unpaired) electrons. The largest absolute Gasteiger partial charge is 0.507 e. The third-order valence-electron chi connectivity index (χ3n) is 3.76. The number of carbonyl (C=O) groups is 1. The van der Waals surface area contributed by atoms with Gasteiger partial charge in [0.15, 0.2) is 0 Å². The van der Waals surface area contributed by atoms with Crippen LogP contribution in [0.4, 0.5) is 0 Å². The van der Waals surface area contributed by atoms with Crippen LogP contribution in [0.3, 0.4) is 0 Å². The Bertz CT molecular complexity index is 597. The summed E-state index contributed by atoms with van der Waals surface area (Å²) in [4.78, 5) is 10.9. The molecule has 0 heterocycles. The zero-order chi connectivity index (χ0) is 17.3. The van der Waals surface area contributed by atoms with E-state index < -0.39 is 5.97 Å². The van der Waals surface area contributed by atoms with E-state index in [0.29, 0.717) is 5.75 Å². The van der Waals surface area contributed by atoms with Gasteiger partial charge < -0.3 is 10.2 Å². The lowest BCUT2D eigenvalue weighted by Crippen LogP contribution is -2.20.